The topological polar surface area (TPSA) is 105 Å². The molecule has 0 aliphatic carbocycles. The van der Waals surface area contributed by atoms with E-state index in [-0.39, 0.29) is 17.9 Å². The van der Waals surface area contributed by atoms with Crippen molar-refractivity contribution in [3.63, 3.8) is 0 Å². The molecule has 7 heteroatoms. The number of primary amides is 1. The van der Waals surface area contributed by atoms with Crippen LogP contribution < -0.4 is 16.4 Å². The van der Waals surface area contributed by atoms with Crippen molar-refractivity contribution in [1.29, 1.82) is 0 Å². The zero-order chi connectivity index (χ0) is 17.0. The fraction of sp³-hybridized carbons (Fsp3) is 0.438. The van der Waals surface area contributed by atoms with Crippen LogP contribution in [0.2, 0.25) is 0 Å². The first-order valence-electron chi connectivity index (χ1n) is 7.62. The maximum Gasteiger partial charge on any atom is 0.312 e. The van der Waals surface area contributed by atoms with Gasteiger partial charge in [0.05, 0.1) is 0 Å². The third-order valence-corrected chi connectivity index (χ3v) is 3.85. The summed E-state index contributed by atoms with van der Waals surface area (Å²) < 4.78 is 0. The molecule has 1 saturated heterocycles. The molecule has 1 aliphatic rings. The van der Waals surface area contributed by atoms with E-state index in [0.29, 0.717) is 25.1 Å². The molecule has 1 heterocycles. The van der Waals surface area contributed by atoms with Gasteiger partial charge in [-0.2, -0.15) is 0 Å². The number of nitrogens with zero attached hydrogens (tertiary/aromatic N) is 1. The van der Waals surface area contributed by atoms with Gasteiger partial charge in [0, 0.05) is 24.7 Å². The lowest BCUT2D eigenvalue weighted by Gasteiger charge is -2.21. The van der Waals surface area contributed by atoms with Gasteiger partial charge >= 0.3 is 6.03 Å². The zero-order valence-electron chi connectivity index (χ0n) is 13.3. The largest absolute Gasteiger partial charge is 0.352 e. The molecule has 0 bridgehead atoms. The highest BCUT2D eigenvalue weighted by atomic mass is 16.2. The second kappa shape index (κ2) is 7.13. The normalized spacial score (nSPS) is 17.4. The molecule has 124 valence electrons. The van der Waals surface area contributed by atoms with Gasteiger partial charge in [0.1, 0.15) is 6.04 Å². The molecule has 4 N–H and O–H groups in total. The Kier molecular flexibility index (Phi) is 5.20. The minimum Gasteiger partial charge on any atom is -0.352 e. The number of carbonyl (C=O) groups is 3. The molecule has 1 atom stereocenters. The molecule has 0 radical (unpaired) electrons. The predicted octanol–water partition coefficient (Wildman–Crippen LogP) is 0.594. The molecule has 1 aromatic carbocycles. The molecular formula is C16H22N4O3. The first-order chi connectivity index (χ1) is 10.9. The average molecular weight is 318 g/mol. The molecule has 1 unspecified atom stereocenters. The number of amides is 4. The number of benzene rings is 1. The second-order valence-electron chi connectivity index (χ2n) is 5.85. The maximum absolute atomic E-state index is 12.2. The quantitative estimate of drug-likeness (QED) is 0.740. The van der Waals surface area contributed by atoms with E-state index in [2.05, 4.69) is 10.6 Å². The van der Waals surface area contributed by atoms with Gasteiger partial charge in [-0.05, 0) is 38.0 Å². The molecule has 23 heavy (non-hydrogen) atoms. The Morgan fingerprint density at radius 2 is 1.96 bits per heavy atom. The van der Waals surface area contributed by atoms with E-state index in [1.807, 2.05) is 13.8 Å². The Hall–Kier alpha value is -2.57. The number of likely N-dealkylation sites (tertiary alicyclic amines) is 1. The summed E-state index contributed by atoms with van der Waals surface area (Å²) in [4.78, 5) is 36.8. The molecule has 1 aromatic rings. The highest BCUT2D eigenvalue weighted by Gasteiger charge is 2.33. The highest BCUT2D eigenvalue weighted by molar-refractivity contribution is 5.98. The van der Waals surface area contributed by atoms with Gasteiger partial charge in [-0.1, -0.05) is 12.1 Å². The second-order valence-corrected chi connectivity index (χ2v) is 5.85. The molecule has 0 saturated carbocycles. The molecular weight excluding hydrogens is 296 g/mol. The monoisotopic (exact) mass is 318 g/mol. The zero-order valence-corrected chi connectivity index (χ0v) is 13.3. The highest BCUT2D eigenvalue weighted by Crippen LogP contribution is 2.15. The molecule has 0 spiro atoms. The summed E-state index contributed by atoms with van der Waals surface area (Å²) in [6, 6.07) is 5.88. The molecule has 0 aromatic heterocycles. The van der Waals surface area contributed by atoms with E-state index in [1.165, 1.54) is 0 Å². The summed E-state index contributed by atoms with van der Waals surface area (Å²) in [5, 5.41) is 5.26. The number of urea groups is 1. The Morgan fingerprint density at radius 1 is 1.30 bits per heavy atom. The van der Waals surface area contributed by atoms with Crippen molar-refractivity contribution in [3.8, 4) is 0 Å². The summed E-state index contributed by atoms with van der Waals surface area (Å²) in [6.07, 6.45) is 0.628. The summed E-state index contributed by atoms with van der Waals surface area (Å²) in [5.41, 5.74) is 6.32. The number of nitrogens with one attached hydrogen (secondary N) is 2. The van der Waals surface area contributed by atoms with E-state index >= 15 is 0 Å². The van der Waals surface area contributed by atoms with E-state index in [0.717, 1.165) is 5.56 Å². The van der Waals surface area contributed by atoms with Gasteiger partial charge in [-0.3, -0.25) is 9.59 Å². The fourth-order valence-electron chi connectivity index (χ4n) is 2.55. The number of hydrogen-bond donors (Lipinski definition) is 3. The Balaban J connectivity index is 1.93. The van der Waals surface area contributed by atoms with Crippen LogP contribution in [0.15, 0.2) is 24.3 Å². The Morgan fingerprint density at radius 3 is 2.48 bits per heavy atom. The van der Waals surface area contributed by atoms with E-state index < -0.39 is 12.1 Å². The minimum absolute atomic E-state index is 0.0318. The van der Waals surface area contributed by atoms with Gasteiger partial charge in [-0.15, -0.1) is 0 Å². The molecule has 7 nitrogen and oxygen atoms in total. The lowest BCUT2D eigenvalue weighted by molar-refractivity contribution is -0.130. The van der Waals surface area contributed by atoms with Crippen LogP contribution >= 0.6 is 0 Å². The number of rotatable bonds is 5. The van der Waals surface area contributed by atoms with Crippen LogP contribution in [0.25, 0.3) is 0 Å². The van der Waals surface area contributed by atoms with Crippen molar-refractivity contribution in [2.45, 2.75) is 38.9 Å². The molecule has 1 aliphatic heterocycles. The Bertz CT molecular complexity index is 598. The summed E-state index contributed by atoms with van der Waals surface area (Å²) in [5.74, 6) is -0.306. The van der Waals surface area contributed by atoms with Crippen molar-refractivity contribution >= 4 is 17.8 Å². The Labute approximate surface area is 135 Å². The third kappa shape index (κ3) is 4.21. The third-order valence-electron chi connectivity index (χ3n) is 3.85. The summed E-state index contributed by atoms with van der Waals surface area (Å²) in [7, 11) is 0. The van der Waals surface area contributed by atoms with Crippen LogP contribution in [0.4, 0.5) is 4.79 Å². The lowest BCUT2D eigenvalue weighted by Crippen LogP contribution is -2.43. The van der Waals surface area contributed by atoms with Gasteiger partial charge < -0.3 is 21.3 Å². The van der Waals surface area contributed by atoms with E-state index in [1.54, 1.807) is 29.2 Å². The first kappa shape index (κ1) is 16.8. The van der Waals surface area contributed by atoms with Crippen LogP contribution in [-0.4, -0.2) is 41.4 Å². The van der Waals surface area contributed by atoms with Crippen LogP contribution in [0.5, 0.6) is 0 Å². The molecule has 1 fully saturated rings. The summed E-state index contributed by atoms with van der Waals surface area (Å²) in [6.45, 7) is 4.89. The average Bonchev–Trinajstić information content (AvgIpc) is 2.87. The van der Waals surface area contributed by atoms with E-state index in [9.17, 15) is 14.4 Å². The van der Waals surface area contributed by atoms with Crippen LogP contribution in [0.3, 0.4) is 0 Å². The van der Waals surface area contributed by atoms with Crippen LogP contribution in [0.1, 0.15) is 36.2 Å². The first-order valence-corrected chi connectivity index (χ1v) is 7.62. The van der Waals surface area contributed by atoms with E-state index in [4.69, 9.17) is 5.73 Å². The predicted molar refractivity (Wildman–Crippen MR) is 85.6 cm³/mol. The standard InChI is InChI=1S/C16H22N4O3/c1-10(2)20-8-7-13(15(20)22)19-14(21)12-5-3-11(4-6-12)9-18-16(17)23/h3-6,10,13H,7-9H2,1-2H3,(H,19,21)(H3,17,18,23). The SMILES string of the molecule is CC(C)N1CCC(NC(=O)c2ccc(CNC(N)=O)cc2)C1=O. The smallest absolute Gasteiger partial charge is 0.312 e. The number of nitrogens with two attached hydrogens (primary N) is 1. The summed E-state index contributed by atoms with van der Waals surface area (Å²) >= 11 is 0. The van der Waals surface area contributed by atoms with Crippen molar-refractivity contribution in [2.75, 3.05) is 6.54 Å². The molecule has 4 amide bonds. The van der Waals surface area contributed by atoms with Gasteiger partial charge in [-0.25, -0.2) is 4.79 Å². The van der Waals surface area contributed by atoms with Crippen molar-refractivity contribution < 1.29 is 14.4 Å². The minimum atomic E-state index is -0.596. The maximum atomic E-state index is 12.2. The van der Waals surface area contributed by atoms with Gasteiger partial charge in [0.15, 0.2) is 0 Å². The van der Waals surface area contributed by atoms with Crippen LogP contribution in [-0.2, 0) is 11.3 Å². The lowest BCUT2D eigenvalue weighted by atomic mass is 10.1. The van der Waals surface area contributed by atoms with Crippen LogP contribution in [0, 0.1) is 0 Å². The number of hydrogen-bond acceptors (Lipinski definition) is 3. The fourth-order valence-corrected chi connectivity index (χ4v) is 2.55. The van der Waals surface area contributed by atoms with Crippen molar-refractivity contribution in [3.05, 3.63) is 35.4 Å². The van der Waals surface area contributed by atoms with Crippen molar-refractivity contribution in [1.82, 2.24) is 15.5 Å². The molecule has 2 rings (SSSR count). The van der Waals surface area contributed by atoms with Gasteiger partial charge in [0.2, 0.25) is 5.91 Å². The number of carbonyl (C=O) groups excluding carboxylic acids is 3. The van der Waals surface area contributed by atoms with Gasteiger partial charge in [0.25, 0.3) is 5.91 Å². The van der Waals surface area contributed by atoms with Crippen molar-refractivity contribution in [2.24, 2.45) is 5.73 Å².